The molecular weight excluding hydrogens is 358 g/mol. The Hall–Kier alpha value is -2.34. The van der Waals surface area contributed by atoms with Gasteiger partial charge in [0.2, 0.25) is 5.13 Å². The van der Waals surface area contributed by atoms with Crippen LogP contribution in [0.1, 0.15) is 60.1 Å². The average molecular weight is 384 g/mol. The van der Waals surface area contributed by atoms with Crippen LogP contribution in [-0.4, -0.2) is 17.4 Å². The quantitative estimate of drug-likeness (QED) is 0.752. The van der Waals surface area contributed by atoms with E-state index >= 15 is 0 Å². The Kier molecular flexibility index (Phi) is 4.91. The van der Waals surface area contributed by atoms with Crippen LogP contribution in [0.2, 0.25) is 0 Å². The first-order valence-electron chi connectivity index (χ1n) is 9.55. The molecule has 2 atom stereocenters. The molecule has 0 radical (unpaired) electrons. The summed E-state index contributed by atoms with van der Waals surface area (Å²) in [4.78, 5) is 17.3. The van der Waals surface area contributed by atoms with Gasteiger partial charge in [0.05, 0.1) is 23.2 Å². The Labute approximate surface area is 164 Å². The van der Waals surface area contributed by atoms with Gasteiger partial charge in [0.25, 0.3) is 0 Å². The number of ether oxygens (including phenoxy) is 1. The standard InChI is InChI=1S/C21H25N3O2S/c1-4-26-16-11-9-15(10-12-16)19-17-7-5-6-8-18(17)23-24(19)21-22-13(2)20(27-21)14(3)25/h8-12,17,19,23H,4-7H2,1-3H3/t17-,19+/m1/s1. The maximum absolute atomic E-state index is 11.9. The highest BCUT2D eigenvalue weighted by Gasteiger charge is 2.41. The van der Waals surface area contributed by atoms with Crippen molar-refractivity contribution < 1.29 is 9.53 Å². The molecule has 0 spiro atoms. The summed E-state index contributed by atoms with van der Waals surface area (Å²) >= 11 is 1.47. The highest BCUT2D eigenvalue weighted by atomic mass is 32.1. The molecule has 1 aromatic carbocycles. The molecule has 142 valence electrons. The summed E-state index contributed by atoms with van der Waals surface area (Å²) < 4.78 is 5.60. The number of benzene rings is 1. The molecule has 1 fully saturated rings. The largest absolute Gasteiger partial charge is 0.494 e. The van der Waals surface area contributed by atoms with Crippen molar-refractivity contribution in [3.05, 3.63) is 52.2 Å². The number of nitrogens with zero attached hydrogens (tertiary/aromatic N) is 2. The minimum atomic E-state index is 0.0738. The predicted octanol–water partition coefficient (Wildman–Crippen LogP) is 4.80. The Morgan fingerprint density at radius 3 is 2.81 bits per heavy atom. The predicted molar refractivity (Wildman–Crippen MR) is 108 cm³/mol. The van der Waals surface area contributed by atoms with E-state index in [0.717, 1.165) is 34.3 Å². The number of nitrogens with one attached hydrogen (secondary N) is 1. The van der Waals surface area contributed by atoms with Gasteiger partial charge in [-0.1, -0.05) is 29.5 Å². The molecule has 0 amide bonds. The number of carbonyl (C=O) groups is 1. The van der Waals surface area contributed by atoms with E-state index in [4.69, 9.17) is 9.72 Å². The van der Waals surface area contributed by atoms with Crippen molar-refractivity contribution in [1.29, 1.82) is 0 Å². The van der Waals surface area contributed by atoms with Crippen molar-refractivity contribution in [2.75, 3.05) is 11.6 Å². The highest BCUT2D eigenvalue weighted by Crippen LogP contribution is 2.46. The van der Waals surface area contributed by atoms with Gasteiger partial charge in [0, 0.05) is 18.5 Å². The molecule has 0 unspecified atom stereocenters. The van der Waals surface area contributed by atoms with E-state index in [1.165, 1.54) is 29.0 Å². The zero-order valence-electron chi connectivity index (χ0n) is 16.0. The number of allylic oxidation sites excluding steroid dienone is 1. The molecule has 2 aliphatic rings. The van der Waals surface area contributed by atoms with Crippen molar-refractivity contribution in [2.45, 2.75) is 46.1 Å². The van der Waals surface area contributed by atoms with E-state index in [2.05, 4.69) is 28.6 Å². The number of hydrogen-bond donors (Lipinski definition) is 1. The number of aryl methyl sites for hydroxylation is 1. The third-order valence-corrected chi connectivity index (χ3v) is 6.49. The minimum Gasteiger partial charge on any atom is -0.494 e. The fraction of sp³-hybridized carbons (Fsp3) is 0.429. The van der Waals surface area contributed by atoms with Gasteiger partial charge in [-0.25, -0.2) is 4.98 Å². The number of Topliss-reactive ketones (excluding diaryl/α,β-unsaturated/α-hetero) is 1. The van der Waals surface area contributed by atoms with Crippen LogP contribution in [0.3, 0.4) is 0 Å². The summed E-state index contributed by atoms with van der Waals surface area (Å²) in [5.41, 5.74) is 6.89. The van der Waals surface area contributed by atoms with Crippen LogP contribution >= 0.6 is 11.3 Å². The highest BCUT2D eigenvalue weighted by molar-refractivity contribution is 7.17. The molecule has 1 aromatic heterocycles. The molecule has 6 heteroatoms. The maximum atomic E-state index is 11.9. The van der Waals surface area contributed by atoms with Crippen LogP contribution in [0, 0.1) is 12.8 Å². The SMILES string of the molecule is CCOc1ccc([C@H]2[C@@H]3CCCC=C3NN2c2nc(C)c(C(C)=O)s2)cc1. The van der Waals surface area contributed by atoms with Crippen molar-refractivity contribution in [2.24, 2.45) is 5.92 Å². The molecule has 1 saturated heterocycles. The van der Waals surface area contributed by atoms with E-state index in [1.54, 1.807) is 6.92 Å². The van der Waals surface area contributed by atoms with Crippen molar-refractivity contribution >= 4 is 22.3 Å². The number of anilines is 1. The third kappa shape index (κ3) is 3.34. The normalized spacial score (nSPS) is 21.4. The van der Waals surface area contributed by atoms with E-state index in [1.807, 2.05) is 26.0 Å². The molecule has 2 aromatic rings. The minimum absolute atomic E-state index is 0.0738. The summed E-state index contributed by atoms with van der Waals surface area (Å²) in [6, 6.07) is 8.53. The van der Waals surface area contributed by atoms with Gasteiger partial charge in [-0.05, 0) is 50.8 Å². The summed E-state index contributed by atoms with van der Waals surface area (Å²) in [5, 5.41) is 3.01. The van der Waals surface area contributed by atoms with Crippen LogP contribution < -0.4 is 15.2 Å². The number of aromatic nitrogens is 1. The van der Waals surface area contributed by atoms with Gasteiger partial charge in [0.1, 0.15) is 5.75 Å². The van der Waals surface area contributed by atoms with Gasteiger partial charge in [-0.3, -0.25) is 15.2 Å². The maximum Gasteiger partial charge on any atom is 0.205 e. The average Bonchev–Trinajstić information content (AvgIpc) is 3.23. The van der Waals surface area contributed by atoms with Gasteiger partial charge >= 0.3 is 0 Å². The lowest BCUT2D eigenvalue weighted by atomic mass is 9.84. The molecule has 27 heavy (non-hydrogen) atoms. The van der Waals surface area contributed by atoms with Crippen molar-refractivity contribution in [3.63, 3.8) is 0 Å². The third-order valence-electron chi connectivity index (χ3n) is 5.24. The van der Waals surface area contributed by atoms with Gasteiger partial charge < -0.3 is 4.74 Å². The summed E-state index contributed by atoms with van der Waals surface area (Å²) in [6.45, 7) is 6.17. The Bertz CT molecular complexity index is 872. The van der Waals surface area contributed by atoms with Crippen molar-refractivity contribution in [1.82, 2.24) is 10.4 Å². The van der Waals surface area contributed by atoms with E-state index in [0.29, 0.717) is 12.5 Å². The first-order valence-corrected chi connectivity index (χ1v) is 10.4. The van der Waals surface area contributed by atoms with Crippen LogP contribution in [0.15, 0.2) is 36.0 Å². The smallest absolute Gasteiger partial charge is 0.205 e. The Balaban J connectivity index is 1.72. The molecule has 1 aliphatic carbocycles. The monoisotopic (exact) mass is 383 g/mol. The lowest BCUT2D eigenvalue weighted by Crippen LogP contribution is -2.32. The van der Waals surface area contributed by atoms with Crippen LogP contribution in [0.4, 0.5) is 5.13 Å². The van der Waals surface area contributed by atoms with E-state index < -0.39 is 0 Å². The second kappa shape index (κ2) is 7.35. The first-order chi connectivity index (χ1) is 13.1. The molecule has 5 nitrogen and oxygen atoms in total. The van der Waals surface area contributed by atoms with Gasteiger partial charge in [0.15, 0.2) is 5.78 Å². The number of carbonyl (C=O) groups excluding carboxylic acids is 1. The van der Waals surface area contributed by atoms with Crippen LogP contribution in [-0.2, 0) is 0 Å². The van der Waals surface area contributed by atoms with E-state index in [9.17, 15) is 4.79 Å². The van der Waals surface area contributed by atoms with Crippen molar-refractivity contribution in [3.8, 4) is 5.75 Å². The first kappa shape index (κ1) is 18.0. The second-order valence-electron chi connectivity index (χ2n) is 7.09. The summed E-state index contributed by atoms with van der Waals surface area (Å²) in [6.07, 6.45) is 5.77. The number of hydrazine groups is 1. The molecular formula is C21H25N3O2S. The van der Waals surface area contributed by atoms with Crippen LogP contribution in [0.25, 0.3) is 0 Å². The molecule has 4 rings (SSSR count). The van der Waals surface area contributed by atoms with E-state index in [-0.39, 0.29) is 11.8 Å². The van der Waals surface area contributed by atoms with Gasteiger partial charge in [-0.15, -0.1) is 0 Å². The number of fused-ring (bicyclic) bond motifs is 1. The summed E-state index contributed by atoms with van der Waals surface area (Å²) in [5.74, 6) is 1.38. The van der Waals surface area contributed by atoms with Gasteiger partial charge in [-0.2, -0.15) is 0 Å². The molecule has 1 aliphatic heterocycles. The molecule has 1 N–H and O–H groups in total. The fourth-order valence-corrected chi connectivity index (χ4v) is 5.00. The number of rotatable bonds is 5. The number of ketones is 1. The number of thiazole rings is 1. The molecule has 2 heterocycles. The molecule has 0 bridgehead atoms. The van der Waals surface area contributed by atoms with Crippen LogP contribution in [0.5, 0.6) is 5.75 Å². The fourth-order valence-electron chi connectivity index (χ4n) is 4.04. The second-order valence-corrected chi connectivity index (χ2v) is 8.07. The zero-order chi connectivity index (χ0) is 19.0. The lowest BCUT2D eigenvalue weighted by Gasteiger charge is -2.27. The zero-order valence-corrected chi connectivity index (χ0v) is 16.8. The summed E-state index contributed by atoms with van der Waals surface area (Å²) in [7, 11) is 0. The Morgan fingerprint density at radius 2 is 2.15 bits per heavy atom. The Morgan fingerprint density at radius 1 is 1.37 bits per heavy atom. The topological polar surface area (TPSA) is 54.5 Å². The molecule has 0 saturated carbocycles. The number of hydrogen-bond acceptors (Lipinski definition) is 6. The lowest BCUT2D eigenvalue weighted by molar-refractivity contribution is 0.102.